The van der Waals surface area contributed by atoms with Crippen molar-refractivity contribution in [2.24, 2.45) is 0 Å². The summed E-state index contributed by atoms with van der Waals surface area (Å²) in [6.07, 6.45) is 1.14. The van der Waals surface area contributed by atoms with Crippen LogP contribution in [0.3, 0.4) is 0 Å². The van der Waals surface area contributed by atoms with Gasteiger partial charge < -0.3 is 0 Å². The van der Waals surface area contributed by atoms with Crippen LogP contribution in [0.5, 0.6) is 0 Å². The number of benzene rings is 2. The first-order chi connectivity index (χ1) is 9.29. The molecule has 19 heavy (non-hydrogen) atoms. The summed E-state index contributed by atoms with van der Waals surface area (Å²) in [5, 5.41) is 12.8. The second kappa shape index (κ2) is 4.87. The quantitative estimate of drug-likeness (QED) is 0.641. The Morgan fingerprint density at radius 1 is 1.05 bits per heavy atom. The lowest BCUT2D eigenvalue weighted by atomic mass is 10.0. The highest BCUT2D eigenvalue weighted by molar-refractivity contribution is 6.31. The van der Waals surface area contributed by atoms with Gasteiger partial charge in [0.25, 0.3) is 0 Å². The van der Waals surface area contributed by atoms with Gasteiger partial charge in [-0.15, -0.1) is 0 Å². The number of nitriles is 1. The molecule has 3 heteroatoms. The summed E-state index contributed by atoms with van der Waals surface area (Å²) >= 11 is 6.10. The van der Waals surface area contributed by atoms with Gasteiger partial charge in [0.15, 0.2) is 0 Å². The summed E-state index contributed by atoms with van der Waals surface area (Å²) in [4.78, 5) is 4.68. The standard InChI is InChI=1S/C16H11ClN2/c17-11-7-8-13-14(10-11)12-4-1-2-5-15(12)19-16(13)6-3-9-18/h1-2,4-5,7-8,10H,3,6H2. The fourth-order valence-corrected chi connectivity index (χ4v) is 2.53. The van der Waals surface area contributed by atoms with Crippen LogP contribution >= 0.6 is 11.6 Å². The monoisotopic (exact) mass is 266 g/mol. The minimum absolute atomic E-state index is 0.475. The van der Waals surface area contributed by atoms with Crippen LogP contribution in [0.1, 0.15) is 12.1 Å². The molecule has 0 unspecified atom stereocenters. The summed E-state index contributed by atoms with van der Waals surface area (Å²) in [6, 6.07) is 16.0. The number of hydrogen-bond acceptors (Lipinski definition) is 2. The molecule has 0 aliphatic rings. The van der Waals surface area contributed by atoms with Gasteiger partial charge in [-0.3, -0.25) is 4.98 Å². The Kier molecular flexibility index (Phi) is 3.06. The molecule has 0 saturated carbocycles. The fourth-order valence-electron chi connectivity index (χ4n) is 2.36. The number of pyridine rings is 1. The van der Waals surface area contributed by atoms with Crippen LogP contribution in [-0.4, -0.2) is 4.98 Å². The Morgan fingerprint density at radius 3 is 2.74 bits per heavy atom. The molecule has 3 rings (SSSR count). The molecule has 0 amide bonds. The van der Waals surface area contributed by atoms with E-state index >= 15 is 0 Å². The highest BCUT2D eigenvalue weighted by Crippen LogP contribution is 2.29. The molecule has 2 nitrogen and oxygen atoms in total. The summed E-state index contributed by atoms with van der Waals surface area (Å²) in [5.41, 5.74) is 1.91. The number of halogens is 1. The largest absolute Gasteiger partial charge is 0.252 e. The molecule has 0 fully saturated rings. The fraction of sp³-hybridized carbons (Fsp3) is 0.125. The zero-order chi connectivity index (χ0) is 13.2. The Labute approximate surface area is 116 Å². The maximum absolute atomic E-state index is 8.76. The van der Waals surface area contributed by atoms with E-state index in [1.807, 2.05) is 36.4 Å². The van der Waals surface area contributed by atoms with E-state index in [0.29, 0.717) is 12.8 Å². The van der Waals surface area contributed by atoms with Crippen LogP contribution in [0.15, 0.2) is 42.5 Å². The third-order valence-corrected chi connectivity index (χ3v) is 3.45. The molecule has 0 atom stereocenters. The molecular weight excluding hydrogens is 256 g/mol. The number of aryl methyl sites for hydroxylation is 1. The average molecular weight is 267 g/mol. The Balaban J connectivity index is 2.38. The van der Waals surface area contributed by atoms with Crippen LogP contribution in [0, 0.1) is 11.3 Å². The van der Waals surface area contributed by atoms with Gasteiger partial charge in [-0.05, 0) is 23.6 Å². The van der Waals surface area contributed by atoms with Gasteiger partial charge in [0.05, 0.1) is 11.6 Å². The lowest BCUT2D eigenvalue weighted by Crippen LogP contribution is -1.93. The summed E-state index contributed by atoms with van der Waals surface area (Å²) in [7, 11) is 0. The highest BCUT2D eigenvalue weighted by atomic mass is 35.5. The van der Waals surface area contributed by atoms with Crippen LogP contribution < -0.4 is 0 Å². The maximum Gasteiger partial charge on any atom is 0.0711 e. The zero-order valence-electron chi connectivity index (χ0n) is 10.2. The Hall–Kier alpha value is -2.11. The number of hydrogen-bond donors (Lipinski definition) is 0. The number of nitrogens with zero attached hydrogens (tertiary/aromatic N) is 2. The summed E-state index contributed by atoms with van der Waals surface area (Å²) in [5.74, 6) is 0. The van der Waals surface area contributed by atoms with Gasteiger partial charge in [-0.25, -0.2) is 0 Å². The van der Waals surface area contributed by atoms with E-state index in [1.165, 1.54) is 0 Å². The molecule has 0 spiro atoms. The number of fused-ring (bicyclic) bond motifs is 3. The molecule has 2 aromatic carbocycles. The summed E-state index contributed by atoms with van der Waals surface area (Å²) in [6.45, 7) is 0. The predicted octanol–water partition coefficient (Wildman–Crippen LogP) is 4.50. The van der Waals surface area contributed by atoms with Crippen molar-refractivity contribution in [3.05, 3.63) is 53.2 Å². The molecule has 0 radical (unpaired) electrons. The molecule has 3 aromatic rings. The van der Waals surface area contributed by atoms with Crippen molar-refractivity contribution in [2.45, 2.75) is 12.8 Å². The van der Waals surface area contributed by atoms with Crippen molar-refractivity contribution in [3.8, 4) is 6.07 Å². The van der Waals surface area contributed by atoms with Crippen molar-refractivity contribution >= 4 is 33.3 Å². The van der Waals surface area contributed by atoms with Gasteiger partial charge in [-0.1, -0.05) is 35.9 Å². The molecule has 0 N–H and O–H groups in total. The van der Waals surface area contributed by atoms with Gasteiger partial charge in [0.1, 0.15) is 0 Å². The second-order valence-corrected chi connectivity index (χ2v) is 4.86. The third-order valence-electron chi connectivity index (χ3n) is 3.22. The smallest absolute Gasteiger partial charge is 0.0711 e. The highest BCUT2D eigenvalue weighted by Gasteiger charge is 2.08. The normalized spacial score (nSPS) is 10.7. The first-order valence-corrected chi connectivity index (χ1v) is 6.51. The second-order valence-electron chi connectivity index (χ2n) is 4.42. The van der Waals surface area contributed by atoms with Crippen LogP contribution in [0.25, 0.3) is 21.7 Å². The first-order valence-electron chi connectivity index (χ1n) is 6.13. The molecule has 0 aliphatic carbocycles. The van der Waals surface area contributed by atoms with Crippen molar-refractivity contribution in [3.63, 3.8) is 0 Å². The molecule has 0 bridgehead atoms. The Morgan fingerprint density at radius 2 is 1.89 bits per heavy atom. The molecular formula is C16H11ClN2. The van der Waals surface area contributed by atoms with E-state index in [-0.39, 0.29) is 0 Å². The van der Waals surface area contributed by atoms with Gasteiger partial charge in [0, 0.05) is 34.3 Å². The summed E-state index contributed by atoms with van der Waals surface area (Å²) < 4.78 is 0. The minimum Gasteiger partial charge on any atom is -0.252 e. The van der Waals surface area contributed by atoms with E-state index in [9.17, 15) is 0 Å². The molecule has 92 valence electrons. The number of para-hydroxylation sites is 1. The Bertz CT molecular complexity index is 803. The van der Waals surface area contributed by atoms with Crippen LogP contribution in [-0.2, 0) is 6.42 Å². The van der Waals surface area contributed by atoms with E-state index in [2.05, 4.69) is 17.1 Å². The molecule has 1 aromatic heterocycles. The van der Waals surface area contributed by atoms with Gasteiger partial charge >= 0.3 is 0 Å². The predicted molar refractivity (Wildman–Crippen MR) is 78.2 cm³/mol. The SMILES string of the molecule is N#CCCc1nc2ccccc2c2cc(Cl)ccc12. The molecule has 0 aliphatic heterocycles. The van der Waals surface area contributed by atoms with Crippen LogP contribution in [0.2, 0.25) is 5.02 Å². The number of aromatic nitrogens is 1. The van der Waals surface area contributed by atoms with E-state index < -0.39 is 0 Å². The van der Waals surface area contributed by atoms with Crippen LogP contribution in [0.4, 0.5) is 0 Å². The minimum atomic E-state index is 0.475. The van der Waals surface area contributed by atoms with Crippen molar-refractivity contribution in [1.82, 2.24) is 4.98 Å². The lowest BCUT2D eigenvalue weighted by molar-refractivity contribution is 0.977. The van der Waals surface area contributed by atoms with E-state index in [0.717, 1.165) is 32.4 Å². The van der Waals surface area contributed by atoms with Crippen molar-refractivity contribution in [2.75, 3.05) is 0 Å². The lowest BCUT2D eigenvalue weighted by Gasteiger charge is -2.09. The van der Waals surface area contributed by atoms with E-state index in [1.54, 1.807) is 0 Å². The topological polar surface area (TPSA) is 36.7 Å². The maximum atomic E-state index is 8.76. The van der Waals surface area contributed by atoms with Gasteiger partial charge in [0.2, 0.25) is 0 Å². The van der Waals surface area contributed by atoms with Gasteiger partial charge in [-0.2, -0.15) is 5.26 Å². The first kappa shape index (κ1) is 12.0. The third kappa shape index (κ3) is 2.14. The van der Waals surface area contributed by atoms with Crippen molar-refractivity contribution < 1.29 is 0 Å². The molecule has 0 saturated heterocycles. The average Bonchev–Trinajstić information content (AvgIpc) is 2.44. The van der Waals surface area contributed by atoms with Crippen molar-refractivity contribution in [1.29, 1.82) is 5.26 Å². The zero-order valence-corrected chi connectivity index (χ0v) is 11.0. The molecule has 1 heterocycles. The number of rotatable bonds is 2. The van der Waals surface area contributed by atoms with E-state index in [4.69, 9.17) is 16.9 Å².